The molecule has 4 atom stereocenters. The highest BCUT2D eigenvalue weighted by Crippen LogP contribution is 2.28. The Hall–Kier alpha value is -3.23. The standard InChI is InChI=1S/C32H38N2O5/c35-26-21-34(18-17-24-7-3-1-4-8-24)30-16-15-29(39-31(30)23-37-22-26)19-32(36)33-20-25-11-13-28(14-12-25)38-27-9-5-2-6-10-27/h1-14,26,29-31,35H,15-23H2,(H,33,36)/t26-,29-,30-,31+/m1/s1. The third kappa shape index (κ3) is 8.13. The molecule has 2 heterocycles. The van der Waals surface area contributed by atoms with Gasteiger partial charge in [-0.25, -0.2) is 0 Å². The van der Waals surface area contributed by atoms with Gasteiger partial charge in [-0.15, -0.1) is 0 Å². The molecule has 3 aromatic rings. The maximum atomic E-state index is 12.8. The predicted molar refractivity (Wildman–Crippen MR) is 150 cm³/mol. The SMILES string of the molecule is O=C(C[C@H]1CC[C@@H]2[C@H](COC[C@H](O)CN2CCc2ccccc2)O1)NCc1ccc(Oc2ccccc2)cc1. The Labute approximate surface area is 230 Å². The highest BCUT2D eigenvalue weighted by molar-refractivity contribution is 5.76. The molecule has 3 aromatic carbocycles. The first kappa shape index (κ1) is 27.3. The van der Waals surface area contributed by atoms with Crippen molar-refractivity contribution in [1.29, 1.82) is 0 Å². The van der Waals surface area contributed by atoms with Crippen LogP contribution in [0.4, 0.5) is 0 Å². The van der Waals surface area contributed by atoms with Crippen molar-refractivity contribution < 1.29 is 24.1 Å². The van der Waals surface area contributed by atoms with Gasteiger partial charge in [-0.2, -0.15) is 0 Å². The lowest BCUT2D eigenvalue weighted by Gasteiger charge is -2.44. The molecule has 0 aliphatic carbocycles. The van der Waals surface area contributed by atoms with E-state index in [0.717, 1.165) is 42.9 Å². The number of para-hydroxylation sites is 1. The molecule has 2 aliphatic rings. The van der Waals surface area contributed by atoms with Crippen molar-refractivity contribution in [3.8, 4) is 11.5 Å². The van der Waals surface area contributed by atoms with Gasteiger partial charge in [-0.05, 0) is 54.7 Å². The van der Waals surface area contributed by atoms with Gasteiger partial charge in [0, 0.05) is 25.7 Å². The number of hydrogen-bond acceptors (Lipinski definition) is 6. The largest absolute Gasteiger partial charge is 0.457 e. The van der Waals surface area contributed by atoms with Crippen LogP contribution in [0.3, 0.4) is 0 Å². The lowest BCUT2D eigenvalue weighted by molar-refractivity contribution is -0.156. The number of aliphatic hydroxyl groups excluding tert-OH is 1. The minimum absolute atomic E-state index is 0.0221. The zero-order valence-corrected chi connectivity index (χ0v) is 22.3. The van der Waals surface area contributed by atoms with Gasteiger partial charge in [-0.3, -0.25) is 9.69 Å². The van der Waals surface area contributed by atoms with Gasteiger partial charge in [0.05, 0.1) is 37.9 Å². The van der Waals surface area contributed by atoms with Crippen LogP contribution >= 0.6 is 0 Å². The monoisotopic (exact) mass is 530 g/mol. The number of nitrogens with zero attached hydrogens (tertiary/aromatic N) is 1. The summed E-state index contributed by atoms with van der Waals surface area (Å²) >= 11 is 0. The van der Waals surface area contributed by atoms with Gasteiger partial charge in [0.25, 0.3) is 0 Å². The molecule has 2 N–H and O–H groups in total. The molecule has 206 valence electrons. The van der Waals surface area contributed by atoms with Crippen LogP contribution in [-0.4, -0.2) is 66.6 Å². The second-order valence-electron chi connectivity index (χ2n) is 10.4. The van der Waals surface area contributed by atoms with Crippen molar-refractivity contribution in [2.24, 2.45) is 0 Å². The van der Waals surface area contributed by atoms with Crippen LogP contribution in [0, 0.1) is 0 Å². The molecule has 7 nitrogen and oxygen atoms in total. The van der Waals surface area contributed by atoms with Crippen LogP contribution in [-0.2, 0) is 27.2 Å². The van der Waals surface area contributed by atoms with E-state index in [9.17, 15) is 9.90 Å². The topological polar surface area (TPSA) is 80.3 Å². The molecule has 2 aliphatic heterocycles. The predicted octanol–water partition coefficient (Wildman–Crippen LogP) is 4.34. The fourth-order valence-corrected chi connectivity index (χ4v) is 5.40. The van der Waals surface area contributed by atoms with E-state index >= 15 is 0 Å². The Bertz CT molecular complexity index is 1160. The quantitative estimate of drug-likeness (QED) is 0.429. The first-order valence-corrected chi connectivity index (χ1v) is 13.9. The number of β-amino-alcohol motifs (C(OH)–C–C–N with tert-alkyl or cyclic N) is 1. The van der Waals surface area contributed by atoms with Gasteiger partial charge in [0.1, 0.15) is 11.5 Å². The molecule has 0 unspecified atom stereocenters. The molecule has 1 amide bonds. The van der Waals surface area contributed by atoms with Crippen molar-refractivity contribution in [1.82, 2.24) is 10.2 Å². The van der Waals surface area contributed by atoms with Gasteiger partial charge >= 0.3 is 0 Å². The normalized spacial score (nSPS) is 23.7. The first-order chi connectivity index (χ1) is 19.1. The molecule has 0 radical (unpaired) electrons. The number of nitrogens with one attached hydrogen (secondary N) is 1. The number of amides is 1. The second-order valence-corrected chi connectivity index (χ2v) is 10.4. The zero-order valence-electron chi connectivity index (χ0n) is 22.3. The summed E-state index contributed by atoms with van der Waals surface area (Å²) in [6, 6.07) is 28.0. The number of benzene rings is 3. The number of hydrogen-bond donors (Lipinski definition) is 2. The molecule has 2 saturated heterocycles. The van der Waals surface area contributed by atoms with Crippen LogP contribution in [0.5, 0.6) is 11.5 Å². The molecule has 0 spiro atoms. The van der Waals surface area contributed by atoms with Gasteiger partial charge in [0.2, 0.25) is 5.91 Å². The lowest BCUT2D eigenvalue weighted by atomic mass is 9.94. The van der Waals surface area contributed by atoms with Gasteiger partial charge in [0.15, 0.2) is 0 Å². The molecule has 0 saturated carbocycles. The second kappa shape index (κ2) is 13.7. The first-order valence-electron chi connectivity index (χ1n) is 13.9. The average molecular weight is 531 g/mol. The molecule has 7 heteroatoms. The third-order valence-electron chi connectivity index (χ3n) is 7.42. The zero-order chi connectivity index (χ0) is 26.9. The molecule has 2 fully saturated rings. The van der Waals surface area contributed by atoms with E-state index in [1.165, 1.54) is 5.56 Å². The summed E-state index contributed by atoms with van der Waals surface area (Å²) in [5.74, 6) is 1.53. The van der Waals surface area contributed by atoms with E-state index in [0.29, 0.717) is 32.7 Å². The third-order valence-corrected chi connectivity index (χ3v) is 7.42. The Morgan fingerprint density at radius 3 is 2.38 bits per heavy atom. The molecule has 0 bridgehead atoms. The summed E-state index contributed by atoms with van der Waals surface area (Å²) in [5.41, 5.74) is 2.29. The highest BCUT2D eigenvalue weighted by atomic mass is 16.5. The average Bonchev–Trinajstić information content (AvgIpc) is 2.95. The molecule has 39 heavy (non-hydrogen) atoms. The van der Waals surface area contributed by atoms with Crippen LogP contribution in [0.25, 0.3) is 0 Å². The summed E-state index contributed by atoms with van der Waals surface area (Å²) in [7, 11) is 0. The fourth-order valence-electron chi connectivity index (χ4n) is 5.40. The van der Waals surface area contributed by atoms with Crippen LogP contribution in [0.2, 0.25) is 0 Å². The molecular weight excluding hydrogens is 492 g/mol. The Morgan fingerprint density at radius 1 is 0.897 bits per heavy atom. The number of carbonyl (C=O) groups is 1. The maximum Gasteiger partial charge on any atom is 0.222 e. The summed E-state index contributed by atoms with van der Waals surface area (Å²) in [5, 5.41) is 13.4. The van der Waals surface area contributed by atoms with Crippen molar-refractivity contribution in [2.45, 2.75) is 56.6 Å². The molecular formula is C32H38N2O5. The number of fused-ring (bicyclic) bond motifs is 1. The van der Waals surface area contributed by atoms with E-state index in [1.807, 2.05) is 60.7 Å². The Kier molecular flexibility index (Phi) is 9.61. The number of carbonyl (C=O) groups excluding carboxylic acids is 1. The van der Waals surface area contributed by atoms with E-state index in [-0.39, 0.29) is 24.2 Å². The van der Waals surface area contributed by atoms with Crippen LogP contribution in [0.1, 0.15) is 30.4 Å². The van der Waals surface area contributed by atoms with Crippen molar-refractivity contribution in [3.63, 3.8) is 0 Å². The van der Waals surface area contributed by atoms with Crippen molar-refractivity contribution in [2.75, 3.05) is 26.3 Å². The van der Waals surface area contributed by atoms with Gasteiger partial charge in [-0.1, -0.05) is 60.7 Å². The van der Waals surface area contributed by atoms with Crippen LogP contribution < -0.4 is 10.1 Å². The minimum atomic E-state index is -0.510. The van der Waals surface area contributed by atoms with Crippen LogP contribution in [0.15, 0.2) is 84.9 Å². The smallest absolute Gasteiger partial charge is 0.222 e. The van der Waals surface area contributed by atoms with Gasteiger partial charge < -0.3 is 24.6 Å². The number of rotatable bonds is 9. The lowest BCUT2D eigenvalue weighted by Crippen LogP contribution is -2.56. The summed E-state index contributed by atoms with van der Waals surface area (Å²) in [6.45, 7) is 2.61. The van der Waals surface area contributed by atoms with Crippen molar-refractivity contribution >= 4 is 5.91 Å². The molecule has 5 rings (SSSR count). The van der Waals surface area contributed by atoms with E-state index < -0.39 is 6.10 Å². The summed E-state index contributed by atoms with van der Waals surface area (Å²) in [6.07, 6.45) is 2.19. The number of aliphatic hydroxyl groups is 1. The van der Waals surface area contributed by atoms with E-state index in [2.05, 4.69) is 34.5 Å². The Morgan fingerprint density at radius 2 is 1.62 bits per heavy atom. The number of ether oxygens (including phenoxy) is 3. The summed E-state index contributed by atoms with van der Waals surface area (Å²) < 4.78 is 18.0. The fraction of sp³-hybridized carbons (Fsp3) is 0.406. The highest BCUT2D eigenvalue weighted by Gasteiger charge is 2.37. The Balaban J connectivity index is 1.09. The summed E-state index contributed by atoms with van der Waals surface area (Å²) in [4.78, 5) is 15.1. The van der Waals surface area contributed by atoms with E-state index in [1.54, 1.807) is 0 Å². The minimum Gasteiger partial charge on any atom is -0.457 e. The molecule has 0 aromatic heterocycles. The van der Waals surface area contributed by atoms with Crippen molar-refractivity contribution in [3.05, 3.63) is 96.1 Å². The van der Waals surface area contributed by atoms with E-state index in [4.69, 9.17) is 14.2 Å². The maximum absolute atomic E-state index is 12.8.